The minimum absolute atomic E-state index is 0.00699. The second-order valence-corrected chi connectivity index (χ2v) is 9.57. The molecule has 3 aromatic rings. The highest BCUT2D eigenvalue weighted by Gasteiger charge is 2.33. The van der Waals surface area contributed by atoms with Crippen molar-refractivity contribution < 1.29 is 18.8 Å². The van der Waals surface area contributed by atoms with Gasteiger partial charge in [0, 0.05) is 36.5 Å². The van der Waals surface area contributed by atoms with Gasteiger partial charge in [-0.3, -0.25) is 14.4 Å². The Bertz CT molecular complexity index is 1230. The van der Waals surface area contributed by atoms with E-state index in [1.54, 1.807) is 37.3 Å². The van der Waals surface area contributed by atoms with Gasteiger partial charge in [-0.2, -0.15) is 0 Å². The Balaban J connectivity index is 1.51. The number of hydrogen-bond donors (Lipinski definition) is 2. The summed E-state index contributed by atoms with van der Waals surface area (Å²) in [7, 11) is 0. The third-order valence-electron chi connectivity index (χ3n) is 6.40. The number of amides is 3. The molecule has 2 N–H and O–H groups in total. The molecule has 1 fully saturated rings. The Morgan fingerprint density at radius 3 is 2.40 bits per heavy atom. The number of halogens is 1. The van der Waals surface area contributed by atoms with Crippen LogP contribution in [0.15, 0.2) is 47.0 Å². The van der Waals surface area contributed by atoms with Gasteiger partial charge in [-0.25, -0.2) is 4.98 Å². The summed E-state index contributed by atoms with van der Waals surface area (Å²) in [5.74, 6) is -0.516. The Morgan fingerprint density at radius 1 is 1.06 bits per heavy atom. The normalized spacial score (nSPS) is 17.9. The van der Waals surface area contributed by atoms with Crippen LogP contribution in [0.2, 0.25) is 5.02 Å². The predicted molar refractivity (Wildman–Crippen MR) is 135 cm³/mol. The zero-order valence-electron chi connectivity index (χ0n) is 20.0. The van der Waals surface area contributed by atoms with Crippen LogP contribution in [0.25, 0.3) is 11.0 Å². The van der Waals surface area contributed by atoms with Crippen molar-refractivity contribution in [1.82, 2.24) is 9.88 Å². The average molecular weight is 497 g/mol. The second kappa shape index (κ2) is 10.5. The van der Waals surface area contributed by atoms with Crippen molar-refractivity contribution in [3.63, 3.8) is 0 Å². The molecule has 35 heavy (non-hydrogen) atoms. The Hall–Kier alpha value is -3.39. The smallest absolute Gasteiger partial charge is 0.294 e. The van der Waals surface area contributed by atoms with E-state index in [4.69, 9.17) is 16.0 Å². The van der Waals surface area contributed by atoms with Crippen LogP contribution >= 0.6 is 11.6 Å². The Morgan fingerprint density at radius 2 is 1.77 bits per heavy atom. The van der Waals surface area contributed by atoms with Crippen LogP contribution in [0.4, 0.5) is 11.5 Å². The number of hydrogen-bond acceptors (Lipinski definition) is 5. The lowest BCUT2D eigenvalue weighted by molar-refractivity contribution is -0.134. The Kier molecular flexibility index (Phi) is 7.40. The van der Waals surface area contributed by atoms with E-state index >= 15 is 0 Å². The molecule has 0 bridgehead atoms. The molecular formula is C26H29ClN4O4. The van der Waals surface area contributed by atoms with Crippen LogP contribution in [0.3, 0.4) is 0 Å². The van der Waals surface area contributed by atoms with E-state index in [2.05, 4.69) is 15.6 Å². The van der Waals surface area contributed by atoms with Crippen LogP contribution in [0.1, 0.15) is 57.0 Å². The number of fused-ring (bicyclic) bond motifs is 1. The zero-order chi connectivity index (χ0) is 25.1. The molecule has 0 aliphatic heterocycles. The molecule has 0 atom stereocenters. The summed E-state index contributed by atoms with van der Waals surface area (Å²) in [6.07, 6.45) is 4.29. The summed E-state index contributed by atoms with van der Waals surface area (Å²) in [6.45, 7) is 5.61. The van der Waals surface area contributed by atoms with Crippen LogP contribution in [-0.4, -0.2) is 39.7 Å². The van der Waals surface area contributed by atoms with Gasteiger partial charge < -0.3 is 20.0 Å². The number of rotatable bonds is 6. The van der Waals surface area contributed by atoms with Gasteiger partial charge in [0.15, 0.2) is 0 Å². The average Bonchev–Trinajstić information content (AvgIpc) is 3.19. The standard InChI is InChI=1S/C26H29ClN4O4/c1-15(2)31(16(3)32)19-11-8-17(9-12-19)25(33)30-23-20-6-4-5-7-21(20)35-24(23)26(34)29-22-13-10-18(27)14-28-22/h4-7,10,13-15,17,19H,8-9,11-12H2,1-3H3,(H,30,33)(H,28,29,34). The van der Waals surface area contributed by atoms with Crippen molar-refractivity contribution in [1.29, 1.82) is 0 Å². The van der Waals surface area contributed by atoms with Gasteiger partial charge in [-0.05, 0) is 63.8 Å². The second-order valence-electron chi connectivity index (χ2n) is 9.13. The molecule has 4 rings (SSSR count). The number of carbonyl (C=O) groups excluding carboxylic acids is 3. The van der Waals surface area contributed by atoms with E-state index in [1.807, 2.05) is 24.8 Å². The van der Waals surface area contributed by atoms with Gasteiger partial charge in [0.1, 0.15) is 17.1 Å². The van der Waals surface area contributed by atoms with Crippen molar-refractivity contribution in [3.05, 3.63) is 53.4 Å². The van der Waals surface area contributed by atoms with Gasteiger partial charge in [0.2, 0.25) is 17.6 Å². The molecule has 2 heterocycles. The van der Waals surface area contributed by atoms with E-state index in [1.165, 1.54) is 6.20 Å². The SMILES string of the molecule is CC(=O)N(C(C)C)C1CCC(C(=O)Nc2c(C(=O)Nc3ccc(Cl)cn3)oc3ccccc23)CC1. The van der Waals surface area contributed by atoms with E-state index in [0.717, 1.165) is 12.8 Å². The van der Waals surface area contributed by atoms with Crippen LogP contribution in [-0.2, 0) is 9.59 Å². The van der Waals surface area contributed by atoms with Gasteiger partial charge in [0.05, 0.1) is 5.02 Å². The molecule has 1 saturated carbocycles. The van der Waals surface area contributed by atoms with Crippen molar-refractivity contribution in [2.75, 3.05) is 10.6 Å². The highest BCUT2D eigenvalue weighted by atomic mass is 35.5. The number of aromatic nitrogens is 1. The first-order valence-electron chi connectivity index (χ1n) is 11.8. The summed E-state index contributed by atoms with van der Waals surface area (Å²) in [5.41, 5.74) is 0.835. The molecule has 3 amide bonds. The predicted octanol–water partition coefficient (Wildman–Crippen LogP) is 5.49. The molecule has 0 spiro atoms. The summed E-state index contributed by atoms with van der Waals surface area (Å²) >= 11 is 5.87. The summed E-state index contributed by atoms with van der Waals surface area (Å²) < 4.78 is 5.82. The largest absolute Gasteiger partial charge is 0.449 e. The molecule has 1 aliphatic carbocycles. The molecule has 8 nitrogen and oxygen atoms in total. The zero-order valence-corrected chi connectivity index (χ0v) is 20.8. The minimum atomic E-state index is -0.524. The van der Waals surface area contributed by atoms with E-state index in [0.29, 0.717) is 40.3 Å². The molecule has 2 aromatic heterocycles. The number of benzene rings is 1. The fourth-order valence-corrected chi connectivity index (χ4v) is 4.95. The molecular weight excluding hydrogens is 468 g/mol. The van der Waals surface area contributed by atoms with Crippen molar-refractivity contribution in [2.45, 2.75) is 58.5 Å². The quantitative estimate of drug-likeness (QED) is 0.469. The van der Waals surface area contributed by atoms with Gasteiger partial charge in [0.25, 0.3) is 5.91 Å². The number of nitrogens with zero attached hydrogens (tertiary/aromatic N) is 2. The molecule has 1 aliphatic rings. The van der Waals surface area contributed by atoms with Crippen molar-refractivity contribution >= 4 is 51.8 Å². The van der Waals surface area contributed by atoms with Gasteiger partial charge in [-0.1, -0.05) is 23.7 Å². The number of anilines is 2. The molecule has 0 saturated heterocycles. The lowest BCUT2D eigenvalue weighted by Gasteiger charge is -2.38. The topological polar surface area (TPSA) is 105 Å². The maximum atomic E-state index is 13.2. The van der Waals surface area contributed by atoms with Gasteiger partial charge in [-0.15, -0.1) is 0 Å². The first-order valence-corrected chi connectivity index (χ1v) is 12.2. The van der Waals surface area contributed by atoms with Crippen molar-refractivity contribution in [2.24, 2.45) is 5.92 Å². The first kappa shape index (κ1) is 24.7. The summed E-state index contributed by atoms with van der Waals surface area (Å²) in [6, 6.07) is 10.6. The molecule has 184 valence electrons. The van der Waals surface area contributed by atoms with Crippen LogP contribution < -0.4 is 10.6 Å². The first-order chi connectivity index (χ1) is 16.7. The maximum absolute atomic E-state index is 13.2. The summed E-state index contributed by atoms with van der Waals surface area (Å²) in [4.78, 5) is 44.3. The third kappa shape index (κ3) is 5.48. The number of furan rings is 1. The number of pyridine rings is 1. The lowest BCUT2D eigenvalue weighted by atomic mass is 9.84. The van der Waals surface area contributed by atoms with Gasteiger partial charge >= 0.3 is 0 Å². The third-order valence-corrected chi connectivity index (χ3v) is 6.62. The van der Waals surface area contributed by atoms with E-state index in [9.17, 15) is 14.4 Å². The lowest BCUT2D eigenvalue weighted by Crippen LogP contribution is -2.46. The minimum Gasteiger partial charge on any atom is -0.449 e. The molecule has 1 aromatic carbocycles. The molecule has 0 unspecified atom stereocenters. The fourth-order valence-electron chi connectivity index (χ4n) is 4.84. The van der Waals surface area contributed by atoms with Crippen LogP contribution in [0.5, 0.6) is 0 Å². The highest BCUT2D eigenvalue weighted by molar-refractivity contribution is 6.30. The Labute approximate surface area is 209 Å². The number of para-hydroxylation sites is 1. The van der Waals surface area contributed by atoms with Crippen LogP contribution in [0, 0.1) is 5.92 Å². The number of carbonyl (C=O) groups is 3. The fraction of sp³-hybridized carbons (Fsp3) is 0.385. The monoisotopic (exact) mass is 496 g/mol. The maximum Gasteiger partial charge on any atom is 0.294 e. The number of nitrogens with one attached hydrogen (secondary N) is 2. The van der Waals surface area contributed by atoms with Crippen molar-refractivity contribution in [3.8, 4) is 0 Å². The van der Waals surface area contributed by atoms with E-state index in [-0.39, 0.29) is 35.6 Å². The molecule has 0 radical (unpaired) electrons. The summed E-state index contributed by atoms with van der Waals surface area (Å²) in [5, 5.41) is 6.74. The highest BCUT2D eigenvalue weighted by Crippen LogP contribution is 2.34. The van der Waals surface area contributed by atoms with E-state index < -0.39 is 5.91 Å². The molecule has 9 heteroatoms.